The van der Waals surface area contributed by atoms with E-state index in [1.165, 1.54) is 19.1 Å². The van der Waals surface area contributed by atoms with Crippen molar-refractivity contribution < 1.29 is 18.7 Å². The Bertz CT molecular complexity index is 539. The molecule has 0 spiro atoms. The van der Waals surface area contributed by atoms with Crippen molar-refractivity contribution in [3.8, 4) is 0 Å². The van der Waals surface area contributed by atoms with Gasteiger partial charge in [0, 0.05) is 51.9 Å². The van der Waals surface area contributed by atoms with E-state index < -0.39 is 17.7 Å². The van der Waals surface area contributed by atoms with E-state index in [0.717, 1.165) is 0 Å². The van der Waals surface area contributed by atoms with Gasteiger partial charge in [-0.1, -0.05) is 0 Å². The highest BCUT2D eigenvalue weighted by Crippen LogP contribution is 2.28. The Morgan fingerprint density at radius 2 is 1.87 bits per heavy atom. The number of rotatable bonds is 5. The average molecular weight is 328 g/mol. The molecule has 1 aromatic carbocycles. The molecule has 0 aromatic heterocycles. The predicted molar refractivity (Wildman–Crippen MR) is 84.4 cm³/mol. The highest BCUT2D eigenvalue weighted by Gasteiger charge is 2.24. The highest BCUT2D eigenvalue weighted by molar-refractivity contribution is 5.73. The molecule has 1 saturated heterocycles. The standard InChI is InChI=1S/C15H22F2N4O2/c1-10(22)20-2-4-21(5-3-20)15-13(16)6-11(7-14(15)17)19-9-12(23)8-18/h6-7,12,19,23H,2-5,8-9,18H2,1H3/t12-/m0/s1. The van der Waals surface area contributed by atoms with Gasteiger partial charge in [-0.05, 0) is 12.1 Å². The van der Waals surface area contributed by atoms with E-state index in [2.05, 4.69) is 5.32 Å². The number of aliphatic hydroxyl groups excluding tert-OH is 1. The summed E-state index contributed by atoms with van der Waals surface area (Å²) in [7, 11) is 0. The molecule has 2 rings (SSSR count). The number of piperazine rings is 1. The number of benzene rings is 1. The molecule has 1 aliphatic rings. The number of carbonyl (C=O) groups is 1. The summed E-state index contributed by atoms with van der Waals surface area (Å²) in [6.07, 6.45) is -0.777. The second-order valence-corrected chi connectivity index (χ2v) is 5.55. The van der Waals surface area contributed by atoms with Crippen LogP contribution in [-0.2, 0) is 4.79 Å². The summed E-state index contributed by atoms with van der Waals surface area (Å²) in [6, 6.07) is 2.39. The molecule has 0 saturated carbocycles. The van der Waals surface area contributed by atoms with E-state index in [4.69, 9.17) is 5.73 Å². The van der Waals surface area contributed by atoms with Gasteiger partial charge < -0.3 is 26.0 Å². The molecule has 128 valence electrons. The molecule has 1 aromatic rings. The van der Waals surface area contributed by atoms with Crippen molar-refractivity contribution in [2.45, 2.75) is 13.0 Å². The zero-order chi connectivity index (χ0) is 17.0. The van der Waals surface area contributed by atoms with Gasteiger partial charge >= 0.3 is 0 Å². The Balaban J connectivity index is 2.07. The van der Waals surface area contributed by atoms with Gasteiger partial charge in [0.25, 0.3) is 0 Å². The van der Waals surface area contributed by atoms with Crippen LogP contribution in [0.3, 0.4) is 0 Å². The lowest BCUT2D eigenvalue weighted by molar-refractivity contribution is -0.129. The van der Waals surface area contributed by atoms with Crippen LogP contribution in [0.25, 0.3) is 0 Å². The first kappa shape index (κ1) is 17.4. The predicted octanol–water partition coefficient (Wildman–Crippen LogP) is 0.365. The molecule has 8 heteroatoms. The van der Waals surface area contributed by atoms with E-state index in [-0.39, 0.29) is 30.4 Å². The molecule has 4 N–H and O–H groups in total. The SMILES string of the molecule is CC(=O)N1CCN(c2c(F)cc(NC[C@@H](O)CN)cc2F)CC1. The van der Waals surface area contributed by atoms with Crippen LogP contribution in [0.1, 0.15) is 6.92 Å². The van der Waals surface area contributed by atoms with Crippen LogP contribution >= 0.6 is 0 Å². The molecule has 6 nitrogen and oxygen atoms in total. The van der Waals surface area contributed by atoms with Gasteiger partial charge in [0.2, 0.25) is 5.91 Å². The fraction of sp³-hybridized carbons (Fsp3) is 0.533. The van der Waals surface area contributed by atoms with Crippen LogP contribution < -0.4 is 16.0 Å². The van der Waals surface area contributed by atoms with Crippen molar-refractivity contribution >= 4 is 17.3 Å². The Morgan fingerprint density at radius 1 is 1.30 bits per heavy atom. The lowest BCUT2D eigenvalue weighted by Gasteiger charge is -2.36. The first-order valence-electron chi connectivity index (χ1n) is 7.54. The lowest BCUT2D eigenvalue weighted by atomic mass is 10.2. The maximum absolute atomic E-state index is 14.3. The summed E-state index contributed by atoms with van der Waals surface area (Å²) in [5.41, 5.74) is 5.44. The summed E-state index contributed by atoms with van der Waals surface area (Å²) in [5.74, 6) is -1.39. The second-order valence-electron chi connectivity index (χ2n) is 5.55. The molecule has 23 heavy (non-hydrogen) atoms. The molecule has 1 aliphatic heterocycles. The number of nitrogens with two attached hydrogens (primary N) is 1. The topological polar surface area (TPSA) is 81.8 Å². The van der Waals surface area contributed by atoms with Crippen LogP contribution in [0.2, 0.25) is 0 Å². The highest BCUT2D eigenvalue weighted by atomic mass is 19.1. The third kappa shape index (κ3) is 4.29. The molecule has 0 radical (unpaired) electrons. The molecular weight excluding hydrogens is 306 g/mol. The van der Waals surface area contributed by atoms with Crippen molar-refractivity contribution in [1.82, 2.24) is 4.90 Å². The Morgan fingerprint density at radius 3 is 2.35 bits per heavy atom. The summed E-state index contributed by atoms with van der Waals surface area (Å²) >= 11 is 0. The normalized spacial score (nSPS) is 16.4. The van der Waals surface area contributed by atoms with Crippen LogP contribution in [0.15, 0.2) is 12.1 Å². The minimum atomic E-state index is -0.777. The molecule has 0 unspecified atom stereocenters. The number of nitrogens with zero attached hydrogens (tertiary/aromatic N) is 2. The number of carbonyl (C=O) groups excluding carboxylic acids is 1. The Kier molecular flexibility index (Phi) is 5.73. The molecule has 0 bridgehead atoms. The zero-order valence-corrected chi connectivity index (χ0v) is 13.1. The molecule has 0 aliphatic carbocycles. The van der Waals surface area contributed by atoms with E-state index in [0.29, 0.717) is 26.2 Å². The largest absolute Gasteiger partial charge is 0.390 e. The van der Waals surface area contributed by atoms with Gasteiger partial charge in [0.05, 0.1) is 6.10 Å². The van der Waals surface area contributed by atoms with Gasteiger partial charge in [-0.2, -0.15) is 0 Å². The maximum Gasteiger partial charge on any atom is 0.219 e. The van der Waals surface area contributed by atoms with Crippen molar-refractivity contribution in [1.29, 1.82) is 0 Å². The minimum absolute atomic E-state index is 0.0383. The lowest BCUT2D eigenvalue weighted by Crippen LogP contribution is -2.48. The third-order valence-corrected chi connectivity index (χ3v) is 3.87. The first-order valence-corrected chi connectivity index (χ1v) is 7.54. The smallest absolute Gasteiger partial charge is 0.219 e. The second kappa shape index (κ2) is 7.56. The number of halogens is 2. The number of anilines is 2. The van der Waals surface area contributed by atoms with Crippen LogP contribution in [0.4, 0.5) is 20.2 Å². The fourth-order valence-electron chi connectivity index (χ4n) is 2.53. The summed E-state index contributed by atoms with van der Waals surface area (Å²) in [4.78, 5) is 14.5. The Labute approximate surface area is 133 Å². The molecule has 1 amide bonds. The quantitative estimate of drug-likeness (QED) is 0.727. The molecular formula is C15H22F2N4O2. The molecule has 1 atom stereocenters. The van der Waals surface area contributed by atoms with Gasteiger partial charge in [-0.25, -0.2) is 8.78 Å². The minimum Gasteiger partial charge on any atom is -0.390 e. The van der Waals surface area contributed by atoms with Crippen molar-refractivity contribution in [3.63, 3.8) is 0 Å². The van der Waals surface area contributed by atoms with Crippen LogP contribution in [0.5, 0.6) is 0 Å². The van der Waals surface area contributed by atoms with Crippen molar-refractivity contribution in [2.75, 3.05) is 49.5 Å². The summed E-state index contributed by atoms with van der Waals surface area (Å²) in [6.45, 7) is 3.31. The summed E-state index contributed by atoms with van der Waals surface area (Å²) < 4.78 is 28.5. The number of amides is 1. The third-order valence-electron chi connectivity index (χ3n) is 3.87. The fourth-order valence-corrected chi connectivity index (χ4v) is 2.53. The van der Waals surface area contributed by atoms with Gasteiger partial charge in [0.15, 0.2) is 11.6 Å². The average Bonchev–Trinajstić information content (AvgIpc) is 2.52. The van der Waals surface area contributed by atoms with Gasteiger partial charge in [0.1, 0.15) is 5.69 Å². The van der Waals surface area contributed by atoms with E-state index in [1.54, 1.807) is 9.80 Å². The van der Waals surface area contributed by atoms with Crippen molar-refractivity contribution in [3.05, 3.63) is 23.8 Å². The number of hydrogen-bond donors (Lipinski definition) is 3. The van der Waals surface area contributed by atoms with E-state index in [1.807, 2.05) is 0 Å². The maximum atomic E-state index is 14.3. The monoisotopic (exact) mass is 328 g/mol. The molecule has 1 heterocycles. The van der Waals surface area contributed by atoms with Crippen molar-refractivity contribution in [2.24, 2.45) is 5.73 Å². The Hall–Kier alpha value is -1.93. The first-order chi connectivity index (χ1) is 10.9. The van der Waals surface area contributed by atoms with E-state index >= 15 is 0 Å². The number of nitrogens with one attached hydrogen (secondary N) is 1. The summed E-state index contributed by atoms with van der Waals surface area (Å²) in [5, 5.41) is 12.1. The van der Waals surface area contributed by atoms with E-state index in [9.17, 15) is 18.7 Å². The van der Waals surface area contributed by atoms with Gasteiger partial charge in [-0.15, -0.1) is 0 Å². The van der Waals surface area contributed by atoms with Crippen LogP contribution in [0, 0.1) is 11.6 Å². The number of aliphatic hydroxyl groups is 1. The number of hydrogen-bond acceptors (Lipinski definition) is 5. The van der Waals surface area contributed by atoms with Gasteiger partial charge in [-0.3, -0.25) is 4.79 Å². The zero-order valence-electron chi connectivity index (χ0n) is 13.1. The van der Waals surface area contributed by atoms with Crippen LogP contribution in [-0.4, -0.2) is 61.3 Å². The molecule has 1 fully saturated rings.